The minimum absolute atomic E-state index is 0. The number of allylic oxidation sites excluding steroid dienone is 2. The number of rotatable bonds is 5. The summed E-state index contributed by atoms with van der Waals surface area (Å²) in [5.41, 5.74) is 1.52. The fourth-order valence-corrected chi connectivity index (χ4v) is 11.3. The van der Waals surface area contributed by atoms with Gasteiger partial charge in [-0.1, -0.05) is 0 Å². The summed E-state index contributed by atoms with van der Waals surface area (Å²) >= 11 is 2.31. The summed E-state index contributed by atoms with van der Waals surface area (Å²) in [6.07, 6.45) is 1.50. The van der Waals surface area contributed by atoms with Gasteiger partial charge in [0.05, 0.1) is 0 Å². The van der Waals surface area contributed by atoms with Crippen LogP contribution in [0.5, 0.6) is 0 Å². The molecular weight excluding hydrogens is 397 g/mol. The molecule has 1 fully saturated rings. The van der Waals surface area contributed by atoms with Crippen LogP contribution in [0.2, 0.25) is 32.2 Å². The molecule has 1 saturated heterocycles. The molecule has 2 aliphatic rings. The Morgan fingerprint density at radius 3 is 2.09 bits per heavy atom. The summed E-state index contributed by atoms with van der Waals surface area (Å²) in [6.45, 7) is 18.5. The molecule has 0 aromatic carbocycles. The van der Waals surface area contributed by atoms with Crippen LogP contribution in [0.4, 0.5) is 0 Å². The molecule has 0 amide bonds. The van der Waals surface area contributed by atoms with Crippen LogP contribution in [0.25, 0.3) is 0 Å². The molecule has 7 heteroatoms. The first-order valence-corrected chi connectivity index (χ1v) is 15.0. The zero-order valence-corrected chi connectivity index (χ0v) is 20.7. The van der Waals surface area contributed by atoms with Crippen LogP contribution in [-0.2, 0) is 24.9 Å². The number of halogens is 2. The average Bonchev–Trinajstić information content (AvgIpc) is 2.76. The van der Waals surface area contributed by atoms with Crippen molar-refractivity contribution in [2.24, 2.45) is 0 Å². The minimum Gasteiger partial charge on any atom is -1.00 e. The van der Waals surface area contributed by atoms with Crippen molar-refractivity contribution in [1.29, 1.82) is 0 Å². The molecule has 23 heavy (non-hydrogen) atoms. The summed E-state index contributed by atoms with van der Waals surface area (Å²) in [5, 5.41) is 7.21. The Morgan fingerprint density at radius 2 is 1.70 bits per heavy atom. The van der Waals surface area contributed by atoms with E-state index in [0.29, 0.717) is 0 Å². The van der Waals surface area contributed by atoms with Crippen molar-refractivity contribution in [3.8, 4) is 0 Å². The number of fused-ring (bicyclic) bond motifs is 1. The molecule has 0 spiro atoms. The van der Waals surface area contributed by atoms with E-state index >= 15 is 0 Å². The standard InChI is InChI=1S/C16H30NOSi2.2ClH.Ti/c1-9-10-20(8)13-11-12(18-19(5,6)7)14(15(13)20)17-16(2,3)4;;;/h12,17H,9-10H2,1-8H3;2*1H;/q;;;+2/p-2. The Kier molecular flexibility index (Phi) is 8.01. The van der Waals surface area contributed by atoms with Gasteiger partial charge in [-0.15, -0.1) is 0 Å². The second-order valence-corrected chi connectivity index (χ2v) is 18.1. The van der Waals surface area contributed by atoms with Crippen molar-refractivity contribution in [3.63, 3.8) is 0 Å². The third-order valence-electron chi connectivity index (χ3n) is 4.09. The van der Waals surface area contributed by atoms with Crippen molar-refractivity contribution in [2.75, 3.05) is 0 Å². The number of hydrogen-bond acceptors (Lipinski definition) is 2. The van der Waals surface area contributed by atoms with Crippen LogP contribution in [-0.4, -0.2) is 28.0 Å². The van der Waals surface area contributed by atoms with Crippen LogP contribution in [0.1, 0.15) is 34.1 Å². The fourth-order valence-electron chi connectivity index (χ4n) is 3.44. The van der Waals surface area contributed by atoms with Gasteiger partial charge in [-0.2, -0.15) is 0 Å². The Balaban J connectivity index is 0.00000242. The van der Waals surface area contributed by atoms with E-state index in [0.717, 1.165) is 0 Å². The maximum Gasteiger partial charge on any atom is -1.00 e. The maximum atomic E-state index is 6.52. The molecule has 1 N–H and O–H groups in total. The van der Waals surface area contributed by atoms with Crippen LogP contribution in [0, 0.1) is 0 Å². The molecule has 1 heterocycles. The third-order valence-corrected chi connectivity index (χ3v) is 10.7. The fraction of sp³-hybridized carbons (Fsp3) is 0.750. The smallest absolute Gasteiger partial charge is 1.00 e. The van der Waals surface area contributed by atoms with Gasteiger partial charge in [0, 0.05) is 0 Å². The molecule has 131 valence electrons. The topological polar surface area (TPSA) is 21.3 Å². The SMILES string of the molecule is CCC[Si]1(C)C2=[C]([Ti+2])C(O[Si](C)(C)C)C(NC(C)(C)C)=C21.[Cl-].[Cl-]. The van der Waals surface area contributed by atoms with Gasteiger partial charge in [0.15, 0.2) is 0 Å². The van der Waals surface area contributed by atoms with E-state index < -0.39 is 16.4 Å². The number of hydrogen-bond donors (Lipinski definition) is 1. The van der Waals surface area contributed by atoms with Crippen molar-refractivity contribution in [3.05, 3.63) is 20.0 Å². The van der Waals surface area contributed by atoms with Gasteiger partial charge in [0.25, 0.3) is 0 Å². The van der Waals surface area contributed by atoms with Gasteiger partial charge in [0.2, 0.25) is 0 Å². The third kappa shape index (κ3) is 4.99. The molecule has 0 saturated carbocycles. The first-order chi connectivity index (χ1) is 9.41. The second kappa shape index (κ2) is 7.69. The largest absolute Gasteiger partial charge is 1.00 e. The predicted octanol–water partition coefficient (Wildman–Crippen LogP) is -1.75. The summed E-state index contributed by atoms with van der Waals surface area (Å²) in [6, 6.07) is 1.39. The minimum atomic E-state index is -1.55. The quantitative estimate of drug-likeness (QED) is 0.526. The summed E-state index contributed by atoms with van der Waals surface area (Å²) in [4.78, 5) is 0. The van der Waals surface area contributed by atoms with E-state index in [4.69, 9.17) is 4.43 Å². The van der Waals surface area contributed by atoms with Crippen LogP contribution >= 0.6 is 0 Å². The van der Waals surface area contributed by atoms with Gasteiger partial charge in [0.1, 0.15) is 0 Å². The van der Waals surface area contributed by atoms with E-state index in [-0.39, 0.29) is 36.5 Å². The summed E-state index contributed by atoms with van der Waals surface area (Å²) in [5.74, 6) is 0. The van der Waals surface area contributed by atoms with E-state index in [2.05, 4.69) is 79.6 Å². The molecule has 0 aromatic heterocycles. The van der Waals surface area contributed by atoms with Gasteiger partial charge in [-0.3, -0.25) is 0 Å². The van der Waals surface area contributed by atoms with E-state index in [1.165, 1.54) is 22.0 Å². The zero-order chi connectivity index (χ0) is 16.2. The maximum absolute atomic E-state index is 6.52. The number of nitrogens with one attached hydrogen (secondary N) is 1. The predicted molar refractivity (Wildman–Crippen MR) is 91.9 cm³/mol. The Hall–Kier alpha value is 0.968. The van der Waals surface area contributed by atoms with Crippen molar-refractivity contribution < 1.29 is 49.7 Å². The Bertz CT molecular complexity index is 523. The van der Waals surface area contributed by atoms with Crippen molar-refractivity contribution >= 4 is 16.4 Å². The van der Waals surface area contributed by atoms with Gasteiger partial charge < -0.3 is 24.8 Å². The molecule has 0 aromatic rings. The average molecular weight is 427 g/mol. The summed E-state index contributed by atoms with van der Waals surface area (Å²) in [7, 11) is -2.81. The van der Waals surface area contributed by atoms with E-state index in [1.54, 1.807) is 10.4 Å². The van der Waals surface area contributed by atoms with Crippen molar-refractivity contribution in [2.45, 2.75) is 78.0 Å². The molecule has 2 rings (SSSR count). The molecule has 0 radical (unpaired) electrons. The first kappa shape index (κ1) is 24.0. The van der Waals surface area contributed by atoms with E-state index in [9.17, 15) is 0 Å². The molecule has 2 atom stereocenters. The second-order valence-electron chi connectivity index (χ2n) is 8.64. The zero-order valence-electron chi connectivity index (χ0n) is 15.7. The molecule has 1 aliphatic heterocycles. The van der Waals surface area contributed by atoms with Gasteiger partial charge in [-0.25, -0.2) is 0 Å². The van der Waals surface area contributed by atoms with Gasteiger partial charge >= 0.3 is 145 Å². The van der Waals surface area contributed by atoms with Crippen LogP contribution in [0.3, 0.4) is 0 Å². The van der Waals surface area contributed by atoms with Crippen LogP contribution in [0.15, 0.2) is 20.0 Å². The molecule has 0 bridgehead atoms. The van der Waals surface area contributed by atoms with E-state index in [1.807, 2.05) is 0 Å². The molecule has 2 unspecified atom stereocenters. The van der Waals surface area contributed by atoms with Crippen LogP contribution < -0.4 is 30.1 Å². The Morgan fingerprint density at radius 1 is 1.17 bits per heavy atom. The van der Waals surface area contributed by atoms with Crippen molar-refractivity contribution in [1.82, 2.24) is 5.32 Å². The monoisotopic (exact) mass is 426 g/mol. The molecule has 2 nitrogen and oxygen atoms in total. The first-order valence-electron chi connectivity index (χ1n) is 8.08. The Labute approximate surface area is 168 Å². The molecular formula is C16H30Cl2NOSi2Ti. The van der Waals surface area contributed by atoms with Gasteiger partial charge in [-0.05, 0) is 0 Å². The molecule has 1 aliphatic carbocycles. The summed E-state index contributed by atoms with van der Waals surface area (Å²) < 4.78 is 8.04. The normalized spacial score (nSPS) is 26.6.